The molecule has 43 heavy (non-hydrogen) atoms. The molecule has 0 fully saturated rings. The van der Waals surface area contributed by atoms with Gasteiger partial charge in [-0.25, -0.2) is 4.79 Å². The third-order valence-electron chi connectivity index (χ3n) is 4.92. The molecule has 0 radical (unpaired) electrons. The largest absolute Gasteiger partial charge is 0.460 e. The normalized spacial score (nSPS) is 11.7. The minimum atomic E-state index is -1.45. The third kappa shape index (κ3) is 37.1. The van der Waals surface area contributed by atoms with E-state index in [0.717, 1.165) is 0 Å². The quantitative estimate of drug-likeness (QED) is 0.0434. The number of hydrogen-bond acceptors (Lipinski definition) is 13. The summed E-state index contributed by atoms with van der Waals surface area (Å²) in [4.78, 5) is 11.2. The smallest absolute Gasteiger partial charge is 0.333 e. The number of hydrogen-bond donors (Lipinski definition) is 0. The first-order valence-corrected chi connectivity index (χ1v) is 18.5. The van der Waals surface area contributed by atoms with Gasteiger partial charge in [0.15, 0.2) is 8.32 Å². The van der Waals surface area contributed by atoms with Gasteiger partial charge in [-0.3, -0.25) is 0 Å². The van der Waals surface area contributed by atoms with Crippen molar-refractivity contribution < 1.29 is 61.3 Å². The highest BCUT2D eigenvalue weighted by Crippen LogP contribution is 2.01. The van der Waals surface area contributed by atoms with Gasteiger partial charge in [0, 0.05) is 5.57 Å². The number of esters is 1. The molecule has 0 amide bonds. The second-order valence-electron chi connectivity index (χ2n) is 10.0. The van der Waals surface area contributed by atoms with Crippen molar-refractivity contribution in [2.45, 2.75) is 26.6 Å². The van der Waals surface area contributed by atoms with Crippen LogP contribution in [-0.2, 0) is 61.3 Å². The van der Waals surface area contributed by atoms with Gasteiger partial charge in [-0.2, -0.15) is 0 Å². The van der Waals surface area contributed by atoms with Gasteiger partial charge in [-0.05, 0) is 26.6 Å². The van der Waals surface area contributed by atoms with Crippen molar-refractivity contribution in [3.63, 3.8) is 0 Å². The van der Waals surface area contributed by atoms with Crippen LogP contribution < -0.4 is 0 Å². The maximum Gasteiger partial charge on any atom is 0.333 e. The second-order valence-corrected chi connectivity index (χ2v) is 14.5. The van der Waals surface area contributed by atoms with E-state index >= 15 is 0 Å². The summed E-state index contributed by atoms with van der Waals surface area (Å²) in [6.07, 6.45) is 0. The summed E-state index contributed by atoms with van der Waals surface area (Å²) in [5.74, 6) is -0.412. The van der Waals surface area contributed by atoms with Gasteiger partial charge < -0.3 is 56.5 Å². The zero-order chi connectivity index (χ0) is 31.7. The fourth-order valence-corrected chi connectivity index (χ4v) is 3.50. The van der Waals surface area contributed by atoms with E-state index in [1.807, 2.05) is 0 Å². The van der Waals surface area contributed by atoms with Crippen molar-refractivity contribution in [1.82, 2.24) is 0 Å². The maximum atomic E-state index is 11.2. The Hall–Kier alpha value is -1.01. The highest BCUT2D eigenvalue weighted by Gasteiger charge is 2.13. The van der Waals surface area contributed by atoms with Crippen LogP contribution in [0.25, 0.3) is 0 Å². The van der Waals surface area contributed by atoms with Crippen molar-refractivity contribution in [2.24, 2.45) is 0 Å². The second kappa shape index (κ2) is 32.4. The van der Waals surface area contributed by atoms with Crippen molar-refractivity contribution in [2.75, 3.05) is 145 Å². The number of rotatable bonds is 35. The number of carbonyl (C=O) groups is 1. The molecular formula is C29H58O13Si. The lowest BCUT2D eigenvalue weighted by atomic mass is 10.4. The molecule has 0 N–H and O–H groups in total. The fraction of sp³-hybridized carbons (Fsp3) is 0.897. The van der Waals surface area contributed by atoms with Gasteiger partial charge >= 0.3 is 5.97 Å². The van der Waals surface area contributed by atoms with Crippen LogP contribution in [0.5, 0.6) is 0 Å². The molecule has 0 aliphatic heterocycles. The standard InChI is InChI=1S/C29H58O13Si/c1-28(2)29(30)41-26-24-39-22-20-37-18-16-35-14-12-33-10-8-31-6-7-32-9-11-34-13-15-36-17-19-38-21-23-40-25-27-42-43(3,4)5/h1,6-27H2,2-5H3. The van der Waals surface area contributed by atoms with Gasteiger partial charge in [0.25, 0.3) is 0 Å². The molecule has 0 aromatic heterocycles. The van der Waals surface area contributed by atoms with Crippen LogP contribution in [0.2, 0.25) is 19.6 Å². The minimum absolute atomic E-state index is 0.201. The van der Waals surface area contributed by atoms with E-state index < -0.39 is 14.3 Å². The fourth-order valence-electron chi connectivity index (χ4n) is 2.80. The molecule has 0 heterocycles. The van der Waals surface area contributed by atoms with Crippen LogP contribution in [0.15, 0.2) is 12.2 Å². The number of carbonyl (C=O) groups excluding carboxylic acids is 1. The Balaban J connectivity index is 3.08. The Morgan fingerprint density at radius 2 is 0.628 bits per heavy atom. The van der Waals surface area contributed by atoms with E-state index in [4.69, 9.17) is 56.5 Å². The van der Waals surface area contributed by atoms with Crippen molar-refractivity contribution in [3.8, 4) is 0 Å². The van der Waals surface area contributed by atoms with Gasteiger partial charge in [-0.1, -0.05) is 6.58 Å². The van der Waals surface area contributed by atoms with Crippen LogP contribution in [-0.4, -0.2) is 160 Å². The topological polar surface area (TPSA) is 128 Å². The molecule has 0 unspecified atom stereocenters. The lowest BCUT2D eigenvalue weighted by molar-refractivity contribution is -0.140. The van der Waals surface area contributed by atoms with Crippen LogP contribution in [0.3, 0.4) is 0 Å². The average molecular weight is 643 g/mol. The van der Waals surface area contributed by atoms with Gasteiger partial charge in [-0.15, -0.1) is 0 Å². The Bertz CT molecular complexity index is 620. The summed E-state index contributed by atoms with van der Waals surface area (Å²) in [5.41, 5.74) is 0.371. The lowest BCUT2D eigenvalue weighted by Gasteiger charge is -2.16. The third-order valence-corrected chi connectivity index (χ3v) is 5.99. The molecule has 0 saturated carbocycles. The maximum absolute atomic E-state index is 11.2. The van der Waals surface area contributed by atoms with E-state index in [2.05, 4.69) is 26.2 Å². The SMILES string of the molecule is C=C(C)C(=O)OCCOCCOCCOCCOCCOCCOCCOCCOCCOCCOCCO[Si](C)(C)C. The molecule has 0 bridgehead atoms. The van der Waals surface area contributed by atoms with Crippen LogP contribution >= 0.6 is 0 Å². The summed E-state index contributed by atoms with van der Waals surface area (Å²) >= 11 is 0. The summed E-state index contributed by atoms with van der Waals surface area (Å²) in [7, 11) is -1.45. The Morgan fingerprint density at radius 1 is 0.419 bits per heavy atom. The monoisotopic (exact) mass is 642 g/mol. The first-order valence-electron chi connectivity index (χ1n) is 15.1. The van der Waals surface area contributed by atoms with Gasteiger partial charge in [0.05, 0.1) is 139 Å². The van der Waals surface area contributed by atoms with Gasteiger partial charge in [0.1, 0.15) is 6.61 Å². The van der Waals surface area contributed by atoms with Crippen molar-refractivity contribution >= 4 is 14.3 Å². The minimum Gasteiger partial charge on any atom is -0.460 e. The van der Waals surface area contributed by atoms with Crippen LogP contribution in [0.4, 0.5) is 0 Å². The first-order chi connectivity index (χ1) is 20.8. The molecule has 0 aliphatic carbocycles. The Morgan fingerprint density at radius 3 is 0.837 bits per heavy atom. The Kier molecular flexibility index (Phi) is 31.6. The van der Waals surface area contributed by atoms with E-state index in [1.165, 1.54) is 0 Å². The zero-order valence-electron chi connectivity index (χ0n) is 27.1. The average Bonchev–Trinajstić information content (AvgIpc) is 2.96. The van der Waals surface area contributed by atoms with Crippen molar-refractivity contribution in [3.05, 3.63) is 12.2 Å². The molecule has 0 aromatic carbocycles. The number of ether oxygens (including phenoxy) is 11. The molecule has 0 saturated heterocycles. The van der Waals surface area contributed by atoms with E-state index in [9.17, 15) is 4.79 Å². The highest BCUT2D eigenvalue weighted by molar-refractivity contribution is 6.69. The molecule has 14 heteroatoms. The van der Waals surface area contributed by atoms with E-state index in [0.29, 0.717) is 144 Å². The highest BCUT2D eigenvalue weighted by atomic mass is 28.4. The molecular weight excluding hydrogens is 584 g/mol. The van der Waals surface area contributed by atoms with Crippen molar-refractivity contribution in [1.29, 1.82) is 0 Å². The summed E-state index contributed by atoms with van der Waals surface area (Å²) in [6.45, 7) is 22.4. The zero-order valence-corrected chi connectivity index (χ0v) is 28.1. The predicted molar refractivity (Wildman–Crippen MR) is 163 cm³/mol. The molecule has 256 valence electrons. The first kappa shape index (κ1) is 42.0. The van der Waals surface area contributed by atoms with Crippen LogP contribution in [0, 0.1) is 0 Å². The molecule has 0 atom stereocenters. The van der Waals surface area contributed by atoms with E-state index in [1.54, 1.807) is 6.92 Å². The summed E-state index contributed by atoms with van der Waals surface area (Å²) in [6, 6.07) is 0. The molecule has 13 nitrogen and oxygen atoms in total. The van der Waals surface area contributed by atoms with Crippen LogP contribution in [0.1, 0.15) is 6.92 Å². The molecule has 0 rings (SSSR count). The molecule has 0 aliphatic rings. The lowest BCUT2D eigenvalue weighted by Crippen LogP contribution is -2.27. The van der Waals surface area contributed by atoms with E-state index in [-0.39, 0.29) is 6.61 Å². The summed E-state index contributed by atoms with van der Waals surface area (Å²) in [5, 5.41) is 0. The predicted octanol–water partition coefficient (Wildman–Crippen LogP) is 2.12. The van der Waals surface area contributed by atoms with Gasteiger partial charge in [0.2, 0.25) is 0 Å². The Labute approximate surface area is 259 Å². The molecule has 0 aromatic rings. The molecule has 0 spiro atoms. The summed E-state index contributed by atoms with van der Waals surface area (Å²) < 4.78 is 65.0.